The van der Waals surface area contributed by atoms with Crippen LogP contribution in [0, 0.1) is 10.2 Å². The minimum Gasteiger partial charge on any atom is -0.222 e. The molecule has 1 aromatic rings. The van der Waals surface area contributed by atoms with Gasteiger partial charge in [-0.25, -0.2) is 18.6 Å². The van der Waals surface area contributed by atoms with E-state index >= 15 is 0 Å². The van der Waals surface area contributed by atoms with Gasteiger partial charge >= 0.3 is 69.9 Å². The molecule has 0 saturated heterocycles. The van der Waals surface area contributed by atoms with E-state index in [1.807, 2.05) is 0 Å². The molecular formula is C9H13ClO4Te. The van der Waals surface area contributed by atoms with Gasteiger partial charge in [0.1, 0.15) is 0 Å². The summed E-state index contributed by atoms with van der Waals surface area (Å²) in [4.78, 5) is 2.43. The first-order valence-corrected chi connectivity index (χ1v) is 10.5. The van der Waals surface area contributed by atoms with Crippen molar-refractivity contribution in [2.75, 3.05) is 0 Å². The normalized spacial score (nSPS) is 10.9. The van der Waals surface area contributed by atoms with E-state index in [9.17, 15) is 0 Å². The summed E-state index contributed by atoms with van der Waals surface area (Å²) in [5, 5.41) is 0. The molecule has 0 amide bonds. The first-order valence-electron chi connectivity index (χ1n) is 4.14. The van der Waals surface area contributed by atoms with Gasteiger partial charge in [-0.3, -0.25) is 0 Å². The molecule has 6 heteroatoms. The number of hydrogen-bond donors (Lipinski definition) is 0. The molecule has 1 aromatic carbocycles. The van der Waals surface area contributed by atoms with Crippen molar-refractivity contribution < 1.29 is 28.9 Å². The molecule has 0 radical (unpaired) electrons. The zero-order chi connectivity index (χ0) is 11.9. The maximum atomic E-state index is 8.49. The molecule has 15 heavy (non-hydrogen) atoms. The fourth-order valence-corrected chi connectivity index (χ4v) is 3.55. The molecule has 0 fully saturated rings. The van der Waals surface area contributed by atoms with E-state index in [1.54, 1.807) is 3.61 Å². The van der Waals surface area contributed by atoms with E-state index in [-0.39, 0.29) is 0 Å². The van der Waals surface area contributed by atoms with Crippen LogP contribution in [0.5, 0.6) is 0 Å². The topological polar surface area (TPSA) is 92.2 Å². The molecule has 0 saturated carbocycles. The van der Waals surface area contributed by atoms with Gasteiger partial charge in [-0.15, -0.1) is 10.2 Å². The van der Waals surface area contributed by atoms with Crippen molar-refractivity contribution in [3.63, 3.8) is 0 Å². The molecule has 4 nitrogen and oxygen atoms in total. The van der Waals surface area contributed by atoms with Gasteiger partial charge in [-0.1, -0.05) is 0 Å². The van der Waals surface area contributed by atoms with Crippen LogP contribution in [0.2, 0.25) is 9.44 Å². The molecule has 86 valence electrons. The molecule has 0 spiro atoms. The van der Waals surface area contributed by atoms with Crippen molar-refractivity contribution in [2.24, 2.45) is 0 Å². The Hall–Kier alpha value is 0.140. The second kappa shape index (κ2) is 7.42. The van der Waals surface area contributed by atoms with Crippen molar-refractivity contribution >= 4 is 23.2 Å². The Balaban J connectivity index is 0.000000336. The summed E-state index contributed by atoms with van der Waals surface area (Å²) < 4.78 is 37.0. The monoisotopic (exact) mass is 350 g/mol. The molecule has 0 atom stereocenters. The van der Waals surface area contributed by atoms with Gasteiger partial charge in [-0.05, 0) is 0 Å². The zero-order valence-corrected chi connectivity index (χ0v) is 11.6. The second-order valence-corrected chi connectivity index (χ2v) is 10.0. The molecule has 0 aliphatic heterocycles. The van der Waals surface area contributed by atoms with Crippen molar-refractivity contribution in [3.05, 3.63) is 30.3 Å². The third-order valence-corrected chi connectivity index (χ3v) is 7.12. The van der Waals surface area contributed by atoms with E-state index < -0.39 is 29.8 Å². The maximum Gasteiger partial charge on any atom is -0.112 e. The predicted molar refractivity (Wildman–Crippen MR) is 48.2 cm³/mol. The van der Waals surface area contributed by atoms with Crippen LogP contribution in [-0.4, -0.2) is 19.6 Å². The van der Waals surface area contributed by atoms with Crippen LogP contribution in [0.4, 0.5) is 0 Å². The van der Waals surface area contributed by atoms with Gasteiger partial charge in [0.15, 0.2) is 0 Å². The number of benzene rings is 1. The Kier molecular flexibility index (Phi) is 7.49. The predicted octanol–water partition coefficient (Wildman–Crippen LogP) is -2.72. The number of rotatable bonds is 2. The van der Waals surface area contributed by atoms with E-state index in [0.717, 1.165) is 0 Å². The summed E-state index contributed by atoms with van der Waals surface area (Å²) in [6, 6.07) is 10.9. The first kappa shape index (κ1) is 15.1. The Bertz CT molecular complexity index is 257. The smallest absolute Gasteiger partial charge is 0.112 e. The molecule has 0 aliphatic carbocycles. The molecule has 0 unspecified atom stereocenters. The quantitative estimate of drug-likeness (QED) is 0.543. The summed E-state index contributed by atoms with van der Waals surface area (Å²) in [6.07, 6.45) is 0. The van der Waals surface area contributed by atoms with Crippen LogP contribution in [0.15, 0.2) is 30.3 Å². The van der Waals surface area contributed by atoms with Gasteiger partial charge in [0.25, 0.3) is 0 Å². The van der Waals surface area contributed by atoms with Crippen molar-refractivity contribution in [1.82, 2.24) is 0 Å². The summed E-state index contributed by atoms with van der Waals surface area (Å²) in [5.74, 6) is 0. The Morgan fingerprint density at radius 1 is 1.07 bits per heavy atom. The number of halogens is 1. The van der Waals surface area contributed by atoms with Gasteiger partial charge in [0, 0.05) is 0 Å². The standard InChI is InChI=1S/C9H13Te.ClHO4/c1-3-10(2)9-7-5-4-6-8-9;2-1(3,4)5/h4-8H,3H2,1-2H3;(H,2,3,4,5)/q+1;/p-1. The molecule has 0 heterocycles. The van der Waals surface area contributed by atoms with Crippen molar-refractivity contribution in [1.29, 1.82) is 0 Å². The van der Waals surface area contributed by atoms with E-state index in [4.69, 9.17) is 18.6 Å². The van der Waals surface area contributed by atoms with Gasteiger partial charge in [0.2, 0.25) is 0 Å². The summed E-state index contributed by atoms with van der Waals surface area (Å²) in [6.45, 7) is 2.30. The average molecular weight is 348 g/mol. The van der Waals surface area contributed by atoms with Crippen molar-refractivity contribution in [2.45, 2.75) is 16.4 Å². The van der Waals surface area contributed by atoms with Crippen LogP contribution in [0.25, 0.3) is 0 Å². The molecule has 1 rings (SSSR count). The van der Waals surface area contributed by atoms with E-state index in [1.165, 1.54) is 4.47 Å². The summed E-state index contributed by atoms with van der Waals surface area (Å²) in [7, 11) is -4.94. The van der Waals surface area contributed by atoms with Crippen LogP contribution in [0.3, 0.4) is 0 Å². The minimum atomic E-state index is -4.94. The minimum absolute atomic E-state index is 0.819. The van der Waals surface area contributed by atoms with Crippen LogP contribution in [0.1, 0.15) is 6.92 Å². The molecular weight excluding hydrogens is 335 g/mol. The molecule has 0 N–H and O–H groups in total. The molecule has 0 aliphatic rings. The third kappa shape index (κ3) is 10.4. The van der Waals surface area contributed by atoms with Crippen LogP contribution >= 0.6 is 0 Å². The SMILES string of the molecule is CC[Te+](C)c1ccccc1.[O-][Cl+3]([O-])([O-])[O-]. The largest absolute Gasteiger partial charge is 0.222 e. The fourth-order valence-electron chi connectivity index (χ4n) is 0.819. The fraction of sp³-hybridized carbons (Fsp3) is 0.333. The van der Waals surface area contributed by atoms with Gasteiger partial charge in [0.05, 0.1) is 0 Å². The Morgan fingerprint density at radius 3 is 1.80 bits per heavy atom. The third-order valence-electron chi connectivity index (χ3n) is 1.58. The summed E-state index contributed by atoms with van der Waals surface area (Å²) in [5.41, 5.74) is 0. The Morgan fingerprint density at radius 2 is 1.47 bits per heavy atom. The number of hydrogen-bond acceptors (Lipinski definition) is 4. The first-order chi connectivity index (χ1) is 6.84. The van der Waals surface area contributed by atoms with Crippen molar-refractivity contribution in [3.8, 4) is 0 Å². The molecule has 0 aromatic heterocycles. The van der Waals surface area contributed by atoms with E-state index in [2.05, 4.69) is 42.2 Å². The van der Waals surface area contributed by atoms with Gasteiger partial charge < -0.3 is 0 Å². The van der Waals surface area contributed by atoms with E-state index in [0.29, 0.717) is 0 Å². The van der Waals surface area contributed by atoms with Crippen LogP contribution in [-0.2, 0) is 0 Å². The molecule has 0 bridgehead atoms. The Labute approximate surface area is 98.6 Å². The average Bonchev–Trinajstić information content (AvgIpc) is 2.15. The summed E-state index contributed by atoms with van der Waals surface area (Å²) >= 11 is -0.819. The van der Waals surface area contributed by atoms with Crippen LogP contribution < -0.4 is 22.2 Å². The second-order valence-electron chi connectivity index (χ2n) is 2.62. The maximum absolute atomic E-state index is 8.49. The zero-order valence-electron chi connectivity index (χ0n) is 8.51. The van der Waals surface area contributed by atoms with Gasteiger partial charge in [-0.2, -0.15) is 0 Å².